The van der Waals surface area contributed by atoms with Gasteiger partial charge in [-0.1, -0.05) is 18.2 Å². The molecular formula is C13H15F3N2O. The van der Waals surface area contributed by atoms with Gasteiger partial charge in [-0.05, 0) is 37.6 Å². The number of nitrogens with zero attached hydrogens (tertiary/aromatic N) is 1. The standard InChI is InChI=1S/C13H15F3N2O/c14-13(15,16)12(19)17-11-6-2-1-5-10(11)9-18-7-3-4-8-18/h1-2,5-6H,3-4,7-9H2,(H,17,19). The first kappa shape index (κ1) is 13.9. The van der Waals surface area contributed by atoms with E-state index in [0.717, 1.165) is 25.9 Å². The molecule has 0 spiro atoms. The SMILES string of the molecule is O=C(Nc1ccccc1CN1CCCC1)C(F)(F)F. The highest BCUT2D eigenvalue weighted by Crippen LogP contribution is 2.23. The molecule has 3 nitrogen and oxygen atoms in total. The molecule has 0 aromatic heterocycles. The van der Waals surface area contributed by atoms with Crippen LogP contribution in [0.5, 0.6) is 0 Å². The van der Waals surface area contributed by atoms with Crippen molar-refractivity contribution in [3.8, 4) is 0 Å². The monoisotopic (exact) mass is 272 g/mol. The number of nitrogens with one attached hydrogen (secondary N) is 1. The van der Waals surface area contributed by atoms with Gasteiger partial charge in [-0.25, -0.2) is 0 Å². The molecule has 104 valence electrons. The molecule has 2 rings (SSSR count). The van der Waals surface area contributed by atoms with Crippen LogP contribution in [0.25, 0.3) is 0 Å². The number of amides is 1. The molecule has 1 aliphatic rings. The van der Waals surface area contributed by atoms with Crippen LogP contribution in [0, 0.1) is 0 Å². The Labute approximate surface area is 109 Å². The fraction of sp³-hybridized carbons (Fsp3) is 0.462. The van der Waals surface area contributed by atoms with E-state index in [1.165, 1.54) is 6.07 Å². The minimum atomic E-state index is -4.86. The van der Waals surface area contributed by atoms with E-state index in [0.29, 0.717) is 12.1 Å². The first-order valence-electron chi connectivity index (χ1n) is 6.15. The fourth-order valence-corrected chi connectivity index (χ4v) is 2.15. The van der Waals surface area contributed by atoms with Crippen molar-refractivity contribution in [2.45, 2.75) is 25.6 Å². The summed E-state index contributed by atoms with van der Waals surface area (Å²) in [5.41, 5.74) is 0.943. The lowest BCUT2D eigenvalue weighted by atomic mass is 10.1. The zero-order valence-corrected chi connectivity index (χ0v) is 10.3. The third-order valence-corrected chi connectivity index (χ3v) is 3.12. The molecule has 0 atom stereocenters. The Balaban J connectivity index is 2.09. The number of para-hydroxylation sites is 1. The largest absolute Gasteiger partial charge is 0.471 e. The van der Waals surface area contributed by atoms with Gasteiger partial charge in [-0.3, -0.25) is 9.69 Å². The average Bonchev–Trinajstić information content (AvgIpc) is 2.83. The first-order valence-corrected chi connectivity index (χ1v) is 6.15. The van der Waals surface area contributed by atoms with Crippen molar-refractivity contribution in [2.24, 2.45) is 0 Å². The molecule has 1 saturated heterocycles. The van der Waals surface area contributed by atoms with Gasteiger partial charge in [0.25, 0.3) is 0 Å². The Hall–Kier alpha value is -1.56. The predicted octanol–water partition coefficient (Wildman–Crippen LogP) is 2.78. The van der Waals surface area contributed by atoms with Gasteiger partial charge in [0.2, 0.25) is 0 Å². The smallest absolute Gasteiger partial charge is 0.318 e. The number of benzene rings is 1. The van der Waals surface area contributed by atoms with Gasteiger partial charge in [0.1, 0.15) is 0 Å². The number of alkyl halides is 3. The van der Waals surface area contributed by atoms with Gasteiger partial charge < -0.3 is 5.32 Å². The van der Waals surface area contributed by atoms with Crippen molar-refractivity contribution in [2.75, 3.05) is 18.4 Å². The number of halogens is 3. The van der Waals surface area contributed by atoms with Gasteiger partial charge in [-0.2, -0.15) is 13.2 Å². The summed E-state index contributed by atoms with van der Waals surface area (Å²) < 4.78 is 36.7. The zero-order valence-electron chi connectivity index (χ0n) is 10.3. The average molecular weight is 272 g/mol. The second kappa shape index (κ2) is 5.61. The Morgan fingerprint density at radius 1 is 1.21 bits per heavy atom. The molecule has 1 aromatic rings. The number of hydrogen-bond donors (Lipinski definition) is 1. The first-order chi connectivity index (χ1) is 8.97. The van der Waals surface area contributed by atoms with Crippen LogP contribution in [-0.2, 0) is 11.3 Å². The Bertz CT molecular complexity index is 453. The zero-order chi connectivity index (χ0) is 13.9. The molecule has 6 heteroatoms. The van der Waals surface area contributed by atoms with E-state index in [1.807, 2.05) is 5.32 Å². The molecule has 0 radical (unpaired) electrons. The lowest BCUT2D eigenvalue weighted by Gasteiger charge is -2.18. The fourth-order valence-electron chi connectivity index (χ4n) is 2.15. The van der Waals surface area contributed by atoms with Gasteiger partial charge in [0.05, 0.1) is 0 Å². The highest BCUT2D eigenvalue weighted by molar-refractivity contribution is 5.95. The molecule has 1 amide bonds. The molecule has 0 aliphatic carbocycles. The second-order valence-corrected chi connectivity index (χ2v) is 4.59. The number of carbonyl (C=O) groups excluding carboxylic acids is 1. The highest BCUT2D eigenvalue weighted by Gasteiger charge is 2.38. The normalized spacial score (nSPS) is 16.6. The maximum atomic E-state index is 12.2. The third kappa shape index (κ3) is 3.70. The maximum Gasteiger partial charge on any atom is 0.471 e. The van der Waals surface area contributed by atoms with Gasteiger partial charge in [0, 0.05) is 12.2 Å². The number of hydrogen-bond acceptors (Lipinski definition) is 2. The van der Waals surface area contributed by atoms with Crippen molar-refractivity contribution in [1.29, 1.82) is 0 Å². The molecule has 1 aliphatic heterocycles. The summed E-state index contributed by atoms with van der Waals surface area (Å²) in [7, 11) is 0. The lowest BCUT2D eigenvalue weighted by Crippen LogP contribution is -2.30. The van der Waals surface area contributed by atoms with Crippen molar-refractivity contribution < 1.29 is 18.0 Å². The molecule has 0 unspecified atom stereocenters. The minimum Gasteiger partial charge on any atom is -0.318 e. The van der Waals surface area contributed by atoms with E-state index < -0.39 is 12.1 Å². The molecule has 1 aromatic carbocycles. The molecule has 19 heavy (non-hydrogen) atoms. The van der Waals surface area contributed by atoms with E-state index in [-0.39, 0.29) is 5.69 Å². The van der Waals surface area contributed by atoms with E-state index in [4.69, 9.17) is 0 Å². The predicted molar refractivity (Wildman–Crippen MR) is 65.6 cm³/mol. The number of rotatable bonds is 3. The van der Waals surface area contributed by atoms with Crippen LogP contribution in [0.15, 0.2) is 24.3 Å². The molecule has 0 saturated carbocycles. The quantitative estimate of drug-likeness (QED) is 0.917. The van der Waals surface area contributed by atoms with E-state index in [1.54, 1.807) is 18.2 Å². The van der Waals surface area contributed by atoms with E-state index in [9.17, 15) is 18.0 Å². The summed E-state index contributed by atoms with van der Waals surface area (Å²) >= 11 is 0. The summed E-state index contributed by atoms with van der Waals surface area (Å²) in [5.74, 6) is -1.93. The van der Waals surface area contributed by atoms with Crippen LogP contribution in [0.1, 0.15) is 18.4 Å². The van der Waals surface area contributed by atoms with Crippen molar-refractivity contribution >= 4 is 11.6 Å². The van der Waals surface area contributed by atoms with Gasteiger partial charge in [-0.15, -0.1) is 0 Å². The molecule has 1 fully saturated rings. The molecular weight excluding hydrogens is 257 g/mol. The summed E-state index contributed by atoms with van der Waals surface area (Å²) in [4.78, 5) is 13.1. The van der Waals surface area contributed by atoms with Crippen LogP contribution in [0.4, 0.5) is 18.9 Å². The van der Waals surface area contributed by atoms with E-state index >= 15 is 0 Å². The van der Waals surface area contributed by atoms with Crippen LogP contribution in [0.3, 0.4) is 0 Å². The van der Waals surface area contributed by atoms with Gasteiger partial charge in [0.15, 0.2) is 0 Å². The topological polar surface area (TPSA) is 32.3 Å². The Morgan fingerprint density at radius 3 is 2.47 bits per heavy atom. The summed E-state index contributed by atoms with van der Waals surface area (Å²) in [6.07, 6.45) is -2.64. The summed E-state index contributed by atoms with van der Waals surface area (Å²) in [6.45, 7) is 2.46. The van der Waals surface area contributed by atoms with Crippen molar-refractivity contribution in [1.82, 2.24) is 4.90 Å². The lowest BCUT2D eigenvalue weighted by molar-refractivity contribution is -0.167. The van der Waals surface area contributed by atoms with Crippen LogP contribution in [0.2, 0.25) is 0 Å². The van der Waals surface area contributed by atoms with Crippen molar-refractivity contribution in [3.63, 3.8) is 0 Å². The summed E-state index contributed by atoms with van der Waals surface area (Å²) in [5, 5.41) is 1.93. The molecule has 0 bridgehead atoms. The Kier molecular flexibility index (Phi) is 4.09. The number of anilines is 1. The molecule has 1 heterocycles. The number of carbonyl (C=O) groups is 1. The summed E-state index contributed by atoms with van der Waals surface area (Å²) in [6, 6.07) is 6.60. The maximum absolute atomic E-state index is 12.2. The second-order valence-electron chi connectivity index (χ2n) is 4.59. The third-order valence-electron chi connectivity index (χ3n) is 3.12. The van der Waals surface area contributed by atoms with E-state index in [2.05, 4.69) is 4.90 Å². The Morgan fingerprint density at radius 2 is 1.84 bits per heavy atom. The minimum absolute atomic E-state index is 0.233. The van der Waals surface area contributed by atoms with Crippen LogP contribution >= 0.6 is 0 Å². The van der Waals surface area contributed by atoms with Crippen LogP contribution < -0.4 is 5.32 Å². The van der Waals surface area contributed by atoms with Crippen molar-refractivity contribution in [3.05, 3.63) is 29.8 Å². The molecule has 1 N–H and O–H groups in total. The van der Waals surface area contributed by atoms with Gasteiger partial charge >= 0.3 is 12.1 Å². The highest BCUT2D eigenvalue weighted by atomic mass is 19.4. The number of likely N-dealkylation sites (tertiary alicyclic amines) is 1. The van der Waals surface area contributed by atoms with Crippen LogP contribution in [-0.4, -0.2) is 30.1 Å².